The molecule has 0 amide bonds. The topological polar surface area (TPSA) is 15.3 Å². The van der Waals surface area contributed by atoms with Crippen molar-refractivity contribution >= 4 is 0 Å². The molecule has 17 heavy (non-hydrogen) atoms. The maximum atomic E-state index is 3.66. The van der Waals surface area contributed by atoms with Gasteiger partial charge in [-0.15, -0.1) is 0 Å². The maximum Gasteiger partial charge on any atom is 0.0107 e. The van der Waals surface area contributed by atoms with Gasteiger partial charge >= 0.3 is 0 Å². The van der Waals surface area contributed by atoms with Gasteiger partial charge in [0.15, 0.2) is 0 Å². The van der Waals surface area contributed by atoms with Crippen molar-refractivity contribution in [2.24, 2.45) is 17.8 Å². The summed E-state index contributed by atoms with van der Waals surface area (Å²) in [7, 11) is 0. The summed E-state index contributed by atoms with van der Waals surface area (Å²) in [5.74, 6) is 2.80. The summed E-state index contributed by atoms with van der Waals surface area (Å²) in [6, 6.07) is 0. The van der Waals surface area contributed by atoms with E-state index in [0.717, 1.165) is 17.8 Å². The van der Waals surface area contributed by atoms with Gasteiger partial charge in [0.25, 0.3) is 0 Å². The molecule has 1 saturated carbocycles. The zero-order chi connectivity index (χ0) is 12.1. The van der Waals surface area contributed by atoms with E-state index in [4.69, 9.17) is 0 Å². The smallest absolute Gasteiger partial charge is 0.0107 e. The van der Waals surface area contributed by atoms with E-state index >= 15 is 0 Å². The molecule has 1 saturated heterocycles. The van der Waals surface area contributed by atoms with Crippen molar-refractivity contribution in [3.8, 4) is 0 Å². The van der Waals surface area contributed by atoms with Gasteiger partial charge in [-0.2, -0.15) is 0 Å². The molecule has 1 aliphatic heterocycles. The Morgan fingerprint density at radius 2 is 1.82 bits per heavy atom. The molecular formula is C15H30N2. The zero-order valence-corrected chi connectivity index (χ0v) is 11.8. The highest BCUT2D eigenvalue weighted by molar-refractivity contribution is 4.76. The van der Waals surface area contributed by atoms with Crippen LogP contribution in [-0.4, -0.2) is 37.6 Å². The lowest BCUT2D eigenvalue weighted by atomic mass is 9.89. The first kappa shape index (κ1) is 13.4. The van der Waals surface area contributed by atoms with Gasteiger partial charge in [0, 0.05) is 19.6 Å². The Balaban J connectivity index is 1.53. The Labute approximate surface area is 107 Å². The van der Waals surface area contributed by atoms with E-state index in [-0.39, 0.29) is 0 Å². The number of likely N-dealkylation sites (tertiary alicyclic amines) is 1. The fourth-order valence-electron chi connectivity index (χ4n) is 3.31. The van der Waals surface area contributed by atoms with Gasteiger partial charge in [0.1, 0.15) is 0 Å². The molecule has 1 heterocycles. The highest BCUT2D eigenvalue weighted by Gasteiger charge is 2.22. The second-order valence-corrected chi connectivity index (χ2v) is 6.40. The van der Waals surface area contributed by atoms with E-state index in [1.54, 1.807) is 0 Å². The van der Waals surface area contributed by atoms with Crippen LogP contribution in [-0.2, 0) is 0 Å². The van der Waals surface area contributed by atoms with Crippen LogP contribution >= 0.6 is 0 Å². The van der Waals surface area contributed by atoms with Crippen LogP contribution in [0.4, 0.5) is 0 Å². The Hall–Kier alpha value is -0.0800. The Morgan fingerprint density at radius 1 is 1.06 bits per heavy atom. The average Bonchev–Trinajstić information content (AvgIpc) is 2.82. The molecule has 2 nitrogen and oxygen atoms in total. The maximum absolute atomic E-state index is 3.66. The number of hydrogen-bond acceptors (Lipinski definition) is 2. The fraction of sp³-hybridized carbons (Fsp3) is 1.00. The quantitative estimate of drug-likeness (QED) is 0.741. The van der Waals surface area contributed by atoms with Gasteiger partial charge in [-0.25, -0.2) is 0 Å². The molecule has 0 radical (unpaired) electrons. The zero-order valence-electron chi connectivity index (χ0n) is 11.8. The molecule has 2 atom stereocenters. The lowest BCUT2D eigenvalue weighted by Gasteiger charge is -2.35. The van der Waals surface area contributed by atoms with Gasteiger partial charge < -0.3 is 10.2 Å². The van der Waals surface area contributed by atoms with Crippen molar-refractivity contribution < 1.29 is 0 Å². The summed E-state index contributed by atoms with van der Waals surface area (Å²) < 4.78 is 0. The minimum atomic E-state index is 0.888. The highest BCUT2D eigenvalue weighted by Crippen LogP contribution is 2.24. The SMILES string of the molecule is CC1CCN(CCNCC2CCCC2)CC1C. The number of rotatable bonds is 5. The van der Waals surface area contributed by atoms with E-state index in [1.165, 1.54) is 64.8 Å². The van der Waals surface area contributed by atoms with Crippen molar-refractivity contribution in [3.05, 3.63) is 0 Å². The molecule has 0 spiro atoms. The lowest BCUT2D eigenvalue weighted by molar-refractivity contribution is 0.139. The van der Waals surface area contributed by atoms with Gasteiger partial charge in [-0.3, -0.25) is 0 Å². The summed E-state index contributed by atoms with van der Waals surface area (Å²) in [6.07, 6.45) is 7.25. The van der Waals surface area contributed by atoms with Crippen molar-refractivity contribution in [3.63, 3.8) is 0 Å². The summed E-state index contributed by atoms with van der Waals surface area (Å²) in [6.45, 7) is 11.1. The molecule has 0 bridgehead atoms. The predicted molar refractivity (Wildman–Crippen MR) is 74.2 cm³/mol. The van der Waals surface area contributed by atoms with Gasteiger partial charge in [0.05, 0.1) is 0 Å². The first-order chi connectivity index (χ1) is 8.25. The summed E-state index contributed by atoms with van der Waals surface area (Å²) in [5, 5.41) is 3.66. The molecule has 0 aromatic heterocycles. The largest absolute Gasteiger partial charge is 0.315 e. The predicted octanol–water partition coefficient (Wildman–Crippen LogP) is 2.74. The van der Waals surface area contributed by atoms with Gasteiger partial charge in [0.2, 0.25) is 0 Å². The molecule has 0 aromatic carbocycles. The number of nitrogens with one attached hydrogen (secondary N) is 1. The van der Waals surface area contributed by atoms with Crippen molar-refractivity contribution in [1.29, 1.82) is 0 Å². The fourth-order valence-corrected chi connectivity index (χ4v) is 3.31. The highest BCUT2D eigenvalue weighted by atomic mass is 15.1. The molecule has 0 aromatic rings. The van der Waals surface area contributed by atoms with Gasteiger partial charge in [-0.05, 0) is 50.1 Å². The minimum Gasteiger partial charge on any atom is -0.315 e. The third-order valence-corrected chi connectivity index (χ3v) is 4.93. The molecular weight excluding hydrogens is 208 g/mol. The van der Waals surface area contributed by atoms with Crippen LogP contribution in [0.25, 0.3) is 0 Å². The van der Waals surface area contributed by atoms with Crippen LogP contribution in [0, 0.1) is 17.8 Å². The molecule has 2 aliphatic rings. The summed E-state index contributed by atoms with van der Waals surface area (Å²) in [5.41, 5.74) is 0. The van der Waals surface area contributed by atoms with Crippen LogP contribution in [0.15, 0.2) is 0 Å². The van der Waals surface area contributed by atoms with E-state index in [9.17, 15) is 0 Å². The molecule has 2 rings (SSSR count). The molecule has 100 valence electrons. The van der Waals surface area contributed by atoms with Crippen molar-refractivity contribution in [2.45, 2.75) is 46.0 Å². The average molecular weight is 238 g/mol. The lowest BCUT2D eigenvalue weighted by Crippen LogP contribution is -2.42. The van der Waals surface area contributed by atoms with E-state index in [2.05, 4.69) is 24.1 Å². The minimum absolute atomic E-state index is 0.888. The third kappa shape index (κ3) is 4.26. The van der Waals surface area contributed by atoms with Crippen LogP contribution in [0.1, 0.15) is 46.0 Å². The second-order valence-electron chi connectivity index (χ2n) is 6.40. The Morgan fingerprint density at radius 3 is 2.53 bits per heavy atom. The first-order valence-electron chi connectivity index (χ1n) is 7.69. The van der Waals surface area contributed by atoms with Crippen LogP contribution in [0.2, 0.25) is 0 Å². The van der Waals surface area contributed by atoms with Crippen LogP contribution < -0.4 is 5.32 Å². The third-order valence-electron chi connectivity index (χ3n) is 4.93. The number of piperidine rings is 1. The second kappa shape index (κ2) is 6.75. The Bertz CT molecular complexity index is 211. The van der Waals surface area contributed by atoms with Crippen molar-refractivity contribution in [1.82, 2.24) is 10.2 Å². The normalized spacial score (nSPS) is 32.1. The van der Waals surface area contributed by atoms with E-state index in [0.29, 0.717) is 0 Å². The van der Waals surface area contributed by atoms with Crippen molar-refractivity contribution in [2.75, 3.05) is 32.7 Å². The standard InChI is InChI=1S/C15H30N2/c1-13-7-9-17(12-14(13)2)10-8-16-11-15-5-3-4-6-15/h13-16H,3-12H2,1-2H3. The molecule has 2 unspecified atom stereocenters. The van der Waals surface area contributed by atoms with Gasteiger partial charge in [-0.1, -0.05) is 26.7 Å². The molecule has 1 aliphatic carbocycles. The Kier molecular flexibility index (Phi) is 5.30. The van der Waals surface area contributed by atoms with E-state index < -0.39 is 0 Å². The van der Waals surface area contributed by atoms with Crippen LogP contribution in [0.3, 0.4) is 0 Å². The molecule has 2 fully saturated rings. The monoisotopic (exact) mass is 238 g/mol. The number of hydrogen-bond donors (Lipinski definition) is 1. The van der Waals surface area contributed by atoms with E-state index in [1.807, 2.05) is 0 Å². The van der Waals surface area contributed by atoms with Crippen LogP contribution in [0.5, 0.6) is 0 Å². The first-order valence-corrected chi connectivity index (χ1v) is 7.69. The number of nitrogens with zero attached hydrogens (tertiary/aromatic N) is 1. The summed E-state index contributed by atoms with van der Waals surface area (Å²) in [4.78, 5) is 2.65. The molecule has 2 heteroatoms. The summed E-state index contributed by atoms with van der Waals surface area (Å²) >= 11 is 0. The molecule has 1 N–H and O–H groups in total.